The van der Waals surface area contributed by atoms with E-state index in [2.05, 4.69) is 25.6 Å². The van der Waals surface area contributed by atoms with Crippen LogP contribution >= 0.6 is 0 Å². The molecule has 0 aliphatic carbocycles. The van der Waals surface area contributed by atoms with Crippen molar-refractivity contribution in [3.8, 4) is 6.01 Å². The second kappa shape index (κ2) is 8.44. The number of hydrogen-bond acceptors (Lipinski definition) is 8. The summed E-state index contributed by atoms with van der Waals surface area (Å²) in [6.07, 6.45) is 0.0349. The standard InChI is InChI=1S/C11H21N5O3/c1-4-12-9-14-10(16-11(15-9)19-3)13-6-5-8(17)7-18-2/h8,17H,4-7H2,1-3H3,(H2,12,13,14,15,16). The van der Waals surface area contributed by atoms with Crippen molar-refractivity contribution in [3.05, 3.63) is 0 Å². The van der Waals surface area contributed by atoms with Gasteiger partial charge >= 0.3 is 6.01 Å². The van der Waals surface area contributed by atoms with Crippen molar-refractivity contribution < 1.29 is 14.6 Å². The molecule has 8 heteroatoms. The van der Waals surface area contributed by atoms with Gasteiger partial charge in [0.2, 0.25) is 11.9 Å². The Kier molecular flexibility index (Phi) is 6.83. The molecule has 1 aromatic rings. The minimum atomic E-state index is -0.505. The van der Waals surface area contributed by atoms with Gasteiger partial charge in [0.05, 0.1) is 19.8 Å². The summed E-state index contributed by atoms with van der Waals surface area (Å²) in [5, 5.41) is 15.5. The fraction of sp³-hybridized carbons (Fsp3) is 0.727. The molecule has 0 saturated heterocycles. The molecule has 1 unspecified atom stereocenters. The minimum Gasteiger partial charge on any atom is -0.467 e. The van der Waals surface area contributed by atoms with Crippen LogP contribution in [0.5, 0.6) is 6.01 Å². The lowest BCUT2D eigenvalue weighted by Crippen LogP contribution is -2.19. The molecule has 1 rings (SSSR count). The first kappa shape index (κ1) is 15.4. The molecule has 0 bridgehead atoms. The lowest BCUT2D eigenvalue weighted by molar-refractivity contribution is 0.0615. The third kappa shape index (κ3) is 5.66. The fourth-order valence-corrected chi connectivity index (χ4v) is 1.39. The van der Waals surface area contributed by atoms with Gasteiger partial charge in [-0.2, -0.15) is 15.0 Å². The lowest BCUT2D eigenvalue weighted by atomic mass is 10.3. The summed E-state index contributed by atoms with van der Waals surface area (Å²) in [5.41, 5.74) is 0. The summed E-state index contributed by atoms with van der Waals surface area (Å²) in [6, 6.07) is 0.242. The van der Waals surface area contributed by atoms with Crippen LogP contribution in [0.1, 0.15) is 13.3 Å². The summed E-state index contributed by atoms with van der Waals surface area (Å²) >= 11 is 0. The molecule has 1 aromatic heterocycles. The third-order valence-electron chi connectivity index (χ3n) is 2.25. The second-order valence-electron chi connectivity index (χ2n) is 3.82. The highest BCUT2D eigenvalue weighted by Crippen LogP contribution is 2.10. The molecule has 0 aromatic carbocycles. The maximum atomic E-state index is 9.51. The highest BCUT2D eigenvalue weighted by atomic mass is 16.5. The highest BCUT2D eigenvalue weighted by molar-refractivity contribution is 5.35. The summed E-state index contributed by atoms with van der Waals surface area (Å²) in [4.78, 5) is 12.3. The van der Waals surface area contributed by atoms with Crippen molar-refractivity contribution in [2.24, 2.45) is 0 Å². The molecule has 0 saturated carbocycles. The van der Waals surface area contributed by atoms with Crippen LogP contribution < -0.4 is 15.4 Å². The van der Waals surface area contributed by atoms with Crippen LogP contribution in [0.15, 0.2) is 0 Å². The van der Waals surface area contributed by atoms with Gasteiger partial charge in [0.1, 0.15) is 0 Å². The molecule has 8 nitrogen and oxygen atoms in total. The Morgan fingerprint density at radius 2 is 1.84 bits per heavy atom. The summed E-state index contributed by atoms with van der Waals surface area (Å²) in [7, 11) is 3.05. The fourth-order valence-electron chi connectivity index (χ4n) is 1.39. The molecular formula is C11H21N5O3. The zero-order chi connectivity index (χ0) is 14.1. The van der Waals surface area contributed by atoms with E-state index in [0.29, 0.717) is 38.0 Å². The Labute approximate surface area is 112 Å². The Morgan fingerprint density at radius 1 is 1.16 bits per heavy atom. The molecule has 0 fully saturated rings. The monoisotopic (exact) mass is 271 g/mol. The zero-order valence-electron chi connectivity index (χ0n) is 11.5. The molecule has 0 aliphatic rings. The Hall–Kier alpha value is -1.67. The number of anilines is 2. The summed E-state index contributed by atoms with van der Waals surface area (Å²) < 4.78 is 9.84. The number of aliphatic hydroxyl groups is 1. The van der Waals surface area contributed by atoms with Gasteiger partial charge in [-0.05, 0) is 13.3 Å². The Bertz CT molecular complexity index is 377. The number of aliphatic hydroxyl groups excluding tert-OH is 1. The third-order valence-corrected chi connectivity index (χ3v) is 2.25. The van der Waals surface area contributed by atoms with E-state index < -0.39 is 6.10 Å². The average molecular weight is 271 g/mol. The Balaban J connectivity index is 2.54. The largest absolute Gasteiger partial charge is 0.467 e. The predicted molar refractivity (Wildman–Crippen MR) is 71.5 cm³/mol. The van der Waals surface area contributed by atoms with Crippen molar-refractivity contribution in [2.45, 2.75) is 19.4 Å². The van der Waals surface area contributed by atoms with Gasteiger partial charge in [-0.1, -0.05) is 0 Å². The molecule has 0 radical (unpaired) electrons. The van der Waals surface area contributed by atoms with Crippen molar-refractivity contribution >= 4 is 11.9 Å². The average Bonchev–Trinajstić information content (AvgIpc) is 2.39. The van der Waals surface area contributed by atoms with Gasteiger partial charge in [0.15, 0.2) is 0 Å². The van der Waals surface area contributed by atoms with E-state index in [1.165, 1.54) is 7.11 Å². The normalized spacial score (nSPS) is 12.0. The number of aromatic nitrogens is 3. The van der Waals surface area contributed by atoms with E-state index in [0.717, 1.165) is 0 Å². The second-order valence-corrected chi connectivity index (χ2v) is 3.82. The number of ether oxygens (including phenoxy) is 2. The number of methoxy groups -OCH3 is 2. The van der Waals surface area contributed by atoms with Crippen LogP contribution in [-0.2, 0) is 4.74 Å². The predicted octanol–water partition coefficient (Wildman–Crippen LogP) is 0.121. The lowest BCUT2D eigenvalue weighted by Gasteiger charge is -2.11. The molecule has 1 atom stereocenters. The van der Waals surface area contributed by atoms with Gasteiger partial charge in [-0.3, -0.25) is 0 Å². The van der Waals surface area contributed by atoms with Crippen LogP contribution in [0.25, 0.3) is 0 Å². The van der Waals surface area contributed by atoms with Crippen LogP contribution in [0.4, 0.5) is 11.9 Å². The Morgan fingerprint density at radius 3 is 2.42 bits per heavy atom. The van der Waals surface area contributed by atoms with E-state index in [4.69, 9.17) is 9.47 Å². The van der Waals surface area contributed by atoms with Crippen LogP contribution in [-0.4, -0.2) is 60.1 Å². The van der Waals surface area contributed by atoms with E-state index >= 15 is 0 Å². The maximum absolute atomic E-state index is 9.51. The van der Waals surface area contributed by atoms with E-state index in [1.807, 2.05) is 6.92 Å². The summed E-state index contributed by atoms with van der Waals surface area (Å²) in [5.74, 6) is 0.863. The van der Waals surface area contributed by atoms with Gasteiger partial charge in [0.25, 0.3) is 0 Å². The highest BCUT2D eigenvalue weighted by Gasteiger charge is 2.07. The topological polar surface area (TPSA) is 101 Å². The molecule has 0 aliphatic heterocycles. The van der Waals surface area contributed by atoms with Crippen LogP contribution in [0, 0.1) is 0 Å². The summed E-state index contributed by atoms with van der Waals surface area (Å²) in [6.45, 7) is 3.50. The number of hydrogen-bond donors (Lipinski definition) is 3. The first-order chi connectivity index (χ1) is 9.19. The van der Waals surface area contributed by atoms with Crippen molar-refractivity contribution in [3.63, 3.8) is 0 Å². The molecule has 0 spiro atoms. The maximum Gasteiger partial charge on any atom is 0.322 e. The minimum absolute atomic E-state index is 0.242. The van der Waals surface area contributed by atoms with Crippen molar-refractivity contribution in [1.82, 2.24) is 15.0 Å². The molecule has 108 valence electrons. The molecular weight excluding hydrogens is 250 g/mol. The van der Waals surface area contributed by atoms with Gasteiger partial charge < -0.3 is 25.2 Å². The SMILES string of the molecule is CCNc1nc(NCCC(O)COC)nc(OC)n1. The van der Waals surface area contributed by atoms with E-state index in [1.54, 1.807) is 7.11 Å². The number of nitrogens with zero attached hydrogens (tertiary/aromatic N) is 3. The quantitative estimate of drug-likeness (QED) is 0.582. The van der Waals surface area contributed by atoms with Gasteiger partial charge in [-0.25, -0.2) is 0 Å². The van der Waals surface area contributed by atoms with Gasteiger partial charge in [-0.15, -0.1) is 0 Å². The molecule has 1 heterocycles. The first-order valence-electron chi connectivity index (χ1n) is 6.14. The van der Waals surface area contributed by atoms with Crippen molar-refractivity contribution in [2.75, 3.05) is 44.5 Å². The zero-order valence-corrected chi connectivity index (χ0v) is 11.5. The molecule has 0 amide bonds. The van der Waals surface area contributed by atoms with E-state index in [-0.39, 0.29) is 6.01 Å². The van der Waals surface area contributed by atoms with Gasteiger partial charge in [0, 0.05) is 20.2 Å². The van der Waals surface area contributed by atoms with Crippen LogP contribution in [0.3, 0.4) is 0 Å². The molecule has 19 heavy (non-hydrogen) atoms. The number of rotatable bonds is 9. The number of nitrogens with one attached hydrogen (secondary N) is 2. The smallest absolute Gasteiger partial charge is 0.322 e. The van der Waals surface area contributed by atoms with Crippen LogP contribution in [0.2, 0.25) is 0 Å². The van der Waals surface area contributed by atoms with E-state index in [9.17, 15) is 5.11 Å². The van der Waals surface area contributed by atoms with Crippen molar-refractivity contribution in [1.29, 1.82) is 0 Å². The molecule has 3 N–H and O–H groups in total. The first-order valence-corrected chi connectivity index (χ1v) is 6.14.